The van der Waals surface area contributed by atoms with E-state index in [-0.39, 0.29) is 0 Å². The first-order chi connectivity index (χ1) is 9.44. The summed E-state index contributed by atoms with van der Waals surface area (Å²) in [5.74, 6) is 0. The van der Waals surface area contributed by atoms with Crippen molar-refractivity contribution < 1.29 is 8.42 Å². The van der Waals surface area contributed by atoms with E-state index in [0.29, 0.717) is 10.7 Å². The molecule has 0 fully saturated rings. The van der Waals surface area contributed by atoms with Crippen LogP contribution in [0.1, 0.15) is 11.1 Å². The molecule has 2 rings (SSSR count). The second-order valence-corrected chi connectivity index (χ2v) is 6.38. The summed E-state index contributed by atoms with van der Waals surface area (Å²) in [6.45, 7) is 1.90. The quantitative estimate of drug-likeness (QED) is 0.926. The van der Waals surface area contributed by atoms with Gasteiger partial charge in [0.05, 0.1) is 5.41 Å². The van der Waals surface area contributed by atoms with E-state index in [1.165, 1.54) is 6.08 Å². The summed E-state index contributed by atoms with van der Waals surface area (Å²) in [5.41, 5.74) is 2.26. The van der Waals surface area contributed by atoms with Crippen LogP contribution in [0.4, 0.5) is 5.69 Å². The Kier molecular flexibility index (Phi) is 4.47. The number of nitrogens with one attached hydrogen (secondary N) is 1. The van der Waals surface area contributed by atoms with Crippen molar-refractivity contribution in [2.24, 2.45) is 0 Å². The van der Waals surface area contributed by atoms with Crippen LogP contribution in [0.2, 0.25) is 5.02 Å². The zero-order valence-corrected chi connectivity index (χ0v) is 12.4. The number of hydrogen-bond acceptors (Lipinski definition) is 2. The largest absolute Gasteiger partial charge is 0.280 e. The zero-order valence-electron chi connectivity index (χ0n) is 10.9. The van der Waals surface area contributed by atoms with Gasteiger partial charge < -0.3 is 0 Å². The van der Waals surface area contributed by atoms with Gasteiger partial charge in [0.25, 0.3) is 10.0 Å². The molecule has 104 valence electrons. The Hall–Kier alpha value is -1.78. The molecule has 0 radical (unpaired) electrons. The maximum atomic E-state index is 11.9. The van der Waals surface area contributed by atoms with Gasteiger partial charge in [-0.15, -0.1) is 0 Å². The van der Waals surface area contributed by atoms with Crippen LogP contribution < -0.4 is 4.72 Å². The summed E-state index contributed by atoms with van der Waals surface area (Å²) in [6, 6.07) is 14.2. The predicted octanol–water partition coefficient (Wildman–Crippen LogP) is 4.06. The third kappa shape index (κ3) is 4.40. The fourth-order valence-corrected chi connectivity index (χ4v) is 2.74. The summed E-state index contributed by atoms with van der Waals surface area (Å²) in [5, 5.41) is 1.69. The highest BCUT2D eigenvalue weighted by Gasteiger charge is 2.05. The number of rotatable bonds is 4. The normalized spacial score (nSPS) is 11.7. The Morgan fingerprint density at radius 3 is 2.55 bits per heavy atom. The van der Waals surface area contributed by atoms with Crippen LogP contribution in [-0.4, -0.2) is 8.42 Å². The minimum absolute atomic E-state index is 0.542. The Bertz CT molecular complexity index is 739. The van der Waals surface area contributed by atoms with Gasteiger partial charge >= 0.3 is 0 Å². The van der Waals surface area contributed by atoms with E-state index in [1.807, 2.05) is 13.0 Å². The Balaban J connectivity index is 2.15. The van der Waals surface area contributed by atoms with Crippen molar-refractivity contribution in [3.63, 3.8) is 0 Å². The van der Waals surface area contributed by atoms with Crippen molar-refractivity contribution in [2.45, 2.75) is 6.92 Å². The summed E-state index contributed by atoms with van der Waals surface area (Å²) < 4.78 is 26.4. The molecule has 0 saturated carbocycles. The topological polar surface area (TPSA) is 46.2 Å². The molecule has 0 aliphatic rings. The fourth-order valence-electron chi connectivity index (χ4n) is 1.69. The molecule has 0 aromatic heterocycles. The summed E-state index contributed by atoms with van der Waals surface area (Å²) >= 11 is 5.84. The second kappa shape index (κ2) is 6.11. The second-order valence-electron chi connectivity index (χ2n) is 4.37. The molecule has 5 heteroatoms. The van der Waals surface area contributed by atoms with Crippen LogP contribution >= 0.6 is 11.6 Å². The van der Waals surface area contributed by atoms with Gasteiger partial charge in [-0.3, -0.25) is 4.72 Å². The highest BCUT2D eigenvalue weighted by atomic mass is 35.5. The van der Waals surface area contributed by atoms with Crippen molar-refractivity contribution in [2.75, 3.05) is 4.72 Å². The molecular formula is C15H14ClNO2S. The van der Waals surface area contributed by atoms with Gasteiger partial charge in [0.15, 0.2) is 0 Å². The van der Waals surface area contributed by atoms with Crippen LogP contribution in [0, 0.1) is 6.92 Å². The van der Waals surface area contributed by atoms with E-state index in [4.69, 9.17) is 11.6 Å². The van der Waals surface area contributed by atoms with Crippen molar-refractivity contribution in [3.8, 4) is 0 Å². The van der Waals surface area contributed by atoms with Crippen LogP contribution in [0.25, 0.3) is 6.08 Å². The zero-order chi connectivity index (χ0) is 14.6. The van der Waals surface area contributed by atoms with E-state index >= 15 is 0 Å². The number of benzene rings is 2. The van der Waals surface area contributed by atoms with E-state index in [9.17, 15) is 8.42 Å². The molecule has 20 heavy (non-hydrogen) atoms. The number of halogens is 1. The summed E-state index contributed by atoms with van der Waals surface area (Å²) in [7, 11) is -3.54. The fraction of sp³-hybridized carbons (Fsp3) is 0.0667. The summed E-state index contributed by atoms with van der Waals surface area (Å²) in [4.78, 5) is 0. The molecule has 0 bridgehead atoms. The SMILES string of the molecule is Cc1cccc(NS(=O)(=O)/C=C/c2cccc(Cl)c2)c1. The van der Waals surface area contributed by atoms with Gasteiger partial charge in [-0.25, -0.2) is 8.42 Å². The lowest BCUT2D eigenvalue weighted by Crippen LogP contribution is -2.08. The molecule has 3 nitrogen and oxygen atoms in total. The van der Waals surface area contributed by atoms with Crippen LogP contribution in [0.3, 0.4) is 0 Å². The highest BCUT2D eigenvalue weighted by molar-refractivity contribution is 7.95. The predicted molar refractivity (Wildman–Crippen MR) is 84.2 cm³/mol. The van der Waals surface area contributed by atoms with Crippen molar-refractivity contribution in [1.82, 2.24) is 0 Å². The molecule has 0 aliphatic heterocycles. The average molecular weight is 308 g/mol. The Morgan fingerprint density at radius 1 is 1.10 bits per heavy atom. The molecule has 0 spiro atoms. The first-order valence-corrected chi connectivity index (χ1v) is 7.90. The third-order valence-corrected chi connectivity index (χ3v) is 3.82. The van der Waals surface area contributed by atoms with E-state index in [2.05, 4.69) is 4.72 Å². The van der Waals surface area contributed by atoms with Crippen LogP contribution in [0.15, 0.2) is 53.9 Å². The third-order valence-electron chi connectivity index (χ3n) is 2.57. The molecule has 0 atom stereocenters. The minimum Gasteiger partial charge on any atom is -0.280 e. The van der Waals surface area contributed by atoms with Crippen LogP contribution in [0.5, 0.6) is 0 Å². The van der Waals surface area contributed by atoms with Gasteiger partial charge in [0.1, 0.15) is 0 Å². The van der Waals surface area contributed by atoms with Gasteiger partial charge in [0.2, 0.25) is 0 Å². The van der Waals surface area contributed by atoms with Gasteiger partial charge in [0, 0.05) is 10.7 Å². The molecule has 0 aliphatic carbocycles. The molecule has 0 unspecified atom stereocenters. The number of sulfonamides is 1. The standard InChI is InChI=1S/C15H14ClNO2S/c1-12-4-2-7-15(10-12)17-20(18,19)9-8-13-5-3-6-14(16)11-13/h2-11,17H,1H3/b9-8+. The van der Waals surface area contributed by atoms with Crippen molar-refractivity contribution in [3.05, 3.63) is 70.1 Å². The number of anilines is 1. The Labute approximate surface area is 124 Å². The Morgan fingerprint density at radius 2 is 1.85 bits per heavy atom. The molecule has 2 aromatic rings. The smallest absolute Gasteiger partial charge is 0.255 e. The highest BCUT2D eigenvalue weighted by Crippen LogP contribution is 2.15. The lowest BCUT2D eigenvalue weighted by Gasteiger charge is -2.05. The molecule has 1 N–H and O–H groups in total. The minimum atomic E-state index is -3.54. The average Bonchev–Trinajstić information content (AvgIpc) is 2.36. The maximum Gasteiger partial charge on any atom is 0.255 e. The number of aryl methyl sites for hydroxylation is 1. The molecule has 2 aromatic carbocycles. The van der Waals surface area contributed by atoms with Gasteiger partial charge in [-0.05, 0) is 48.4 Å². The molecule has 0 heterocycles. The molecule has 0 amide bonds. The molecule has 0 saturated heterocycles. The monoisotopic (exact) mass is 307 g/mol. The van der Waals surface area contributed by atoms with Crippen molar-refractivity contribution >= 4 is 33.4 Å². The van der Waals surface area contributed by atoms with Crippen molar-refractivity contribution in [1.29, 1.82) is 0 Å². The lowest BCUT2D eigenvalue weighted by atomic mass is 10.2. The molecular weight excluding hydrogens is 294 g/mol. The first kappa shape index (κ1) is 14.6. The van der Waals surface area contributed by atoms with E-state index in [1.54, 1.807) is 42.5 Å². The van der Waals surface area contributed by atoms with E-state index < -0.39 is 10.0 Å². The number of hydrogen-bond donors (Lipinski definition) is 1. The van der Waals surface area contributed by atoms with Gasteiger partial charge in [-0.1, -0.05) is 35.9 Å². The maximum absolute atomic E-state index is 11.9. The summed E-state index contributed by atoms with van der Waals surface area (Å²) in [6.07, 6.45) is 1.50. The lowest BCUT2D eigenvalue weighted by molar-refractivity contribution is 0.609. The first-order valence-electron chi connectivity index (χ1n) is 5.98. The van der Waals surface area contributed by atoms with E-state index in [0.717, 1.165) is 16.5 Å². The van der Waals surface area contributed by atoms with Gasteiger partial charge in [-0.2, -0.15) is 0 Å². The van der Waals surface area contributed by atoms with Crippen LogP contribution in [-0.2, 0) is 10.0 Å².